The molecule has 0 saturated heterocycles. The van der Waals surface area contributed by atoms with Crippen molar-refractivity contribution in [1.82, 2.24) is 0 Å². The van der Waals surface area contributed by atoms with Crippen LogP contribution in [0.2, 0.25) is 0 Å². The van der Waals surface area contributed by atoms with E-state index in [1.165, 1.54) is 5.57 Å². The van der Waals surface area contributed by atoms with Gasteiger partial charge in [0.25, 0.3) is 0 Å². The zero-order valence-corrected chi connectivity index (χ0v) is 16.4. The minimum Gasteiger partial charge on any atom is -0.508 e. The smallest absolute Gasteiger partial charge is 0.131 e. The van der Waals surface area contributed by atoms with E-state index in [0.29, 0.717) is 0 Å². The number of phenols is 1. The van der Waals surface area contributed by atoms with E-state index in [1.807, 2.05) is 30.3 Å². The summed E-state index contributed by atoms with van der Waals surface area (Å²) in [5, 5.41) is 9.77. The summed E-state index contributed by atoms with van der Waals surface area (Å²) in [4.78, 5) is 0. The topological polar surface area (TPSA) is 38.7 Å². The lowest BCUT2D eigenvalue weighted by Gasteiger charge is -2.36. The predicted octanol–water partition coefficient (Wildman–Crippen LogP) is 5.92. The van der Waals surface area contributed by atoms with Gasteiger partial charge in [-0.25, -0.2) is 0 Å². The van der Waals surface area contributed by atoms with Crippen LogP contribution in [0.3, 0.4) is 0 Å². The molecule has 0 aliphatic carbocycles. The molecule has 142 valence electrons. The summed E-state index contributed by atoms with van der Waals surface area (Å²) in [6, 6.07) is 23.8. The molecule has 1 aliphatic heterocycles. The Morgan fingerprint density at radius 2 is 1.61 bits per heavy atom. The number of hydrogen-bond acceptors (Lipinski definition) is 3. The number of methoxy groups -OCH3 is 1. The molecular weight excluding hydrogens is 348 g/mol. The van der Waals surface area contributed by atoms with Crippen molar-refractivity contribution < 1.29 is 14.6 Å². The Balaban J connectivity index is 2.02. The molecule has 1 heterocycles. The van der Waals surface area contributed by atoms with Crippen molar-refractivity contribution >= 4 is 11.1 Å². The number of hydrogen-bond donors (Lipinski definition) is 1. The summed E-state index contributed by atoms with van der Waals surface area (Å²) < 4.78 is 11.7. The van der Waals surface area contributed by atoms with Gasteiger partial charge in [0.2, 0.25) is 0 Å². The van der Waals surface area contributed by atoms with Crippen LogP contribution in [0.1, 0.15) is 37.0 Å². The molecule has 3 aromatic carbocycles. The first-order valence-corrected chi connectivity index (χ1v) is 9.42. The van der Waals surface area contributed by atoms with E-state index in [0.717, 1.165) is 40.2 Å². The summed E-state index contributed by atoms with van der Waals surface area (Å²) in [5.41, 5.74) is 5.33. The fraction of sp³-hybridized carbons (Fsp3) is 0.200. The minimum atomic E-state index is -0.342. The normalized spacial score (nSPS) is 16.7. The van der Waals surface area contributed by atoms with Gasteiger partial charge in [-0.2, -0.15) is 0 Å². The Hall–Kier alpha value is -3.20. The molecule has 3 heteroatoms. The molecule has 4 rings (SSSR count). The van der Waals surface area contributed by atoms with E-state index in [9.17, 15) is 5.11 Å². The average molecular weight is 372 g/mol. The van der Waals surface area contributed by atoms with Gasteiger partial charge in [-0.1, -0.05) is 42.5 Å². The number of ether oxygens (including phenoxy) is 2. The Kier molecular flexibility index (Phi) is 4.60. The summed E-state index contributed by atoms with van der Waals surface area (Å²) in [6.07, 6.45) is 0.775. The SMILES string of the molecule is COc1ccc2c(c1)OC(C)(C)C/C2=C(\c1ccccc1)c1ccc(O)cc1. The number of aromatic hydroxyl groups is 1. The second kappa shape index (κ2) is 7.08. The molecule has 3 nitrogen and oxygen atoms in total. The molecule has 1 aliphatic rings. The molecule has 28 heavy (non-hydrogen) atoms. The maximum atomic E-state index is 9.77. The van der Waals surface area contributed by atoms with E-state index in [-0.39, 0.29) is 11.4 Å². The molecule has 0 radical (unpaired) electrons. The highest BCUT2D eigenvalue weighted by atomic mass is 16.5. The fourth-order valence-corrected chi connectivity index (χ4v) is 3.79. The van der Waals surface area contributed by atoms with Gasteiger partial charge < -0.3 is 14.6 Å². The summed E-state index contributed by atoms with van der Waals surface area (Å²) in [6.45, 7) is 4.21. The lowest BCUT2D eigenvalue weighted by Crippen LogP contribution is -2.32. The second-order valence-electron chi connectivity index (χ2n) is 7.67. The van der Waals surface area contributed by atoms with Crippen molar-refractivity contribution in [1.29, 1.82) is 0 Å². The average Bonchev–Trinajstić information content (AvgIpc) is 2.69. The minimum absolute atomic E-state index is 0.263. The Bertz CT molecular complexity index is 1020. The van der Waals surface area contributed by atoms with Gasteiger partial charge >= 0.3 is 0 Å². The largest absolute Gasteiger partial charge is 0.508 e. The van der Waals surface area contributed by atoms with Gasteiger partial charge in [0.15, 0.2) is 0 Å². The molecule has 0 saturated carbocycles. The quantitative estimate of drug-likeness (QED) is 0.620. The van der Waals surface area contributed by atoms with Gasteiger partial charge in [-0.15, -0.1) is 0 Å². The zero-order valence-electron chi connectivity index (χ0n) is 16.4. The molecule has 0 amide bonds. The Labute approximate surface area is 165 Å². The van der Waals surface area contributed by atoms with Crippen molar-refractivity contribution in [2.45, 2.75) is 25.9 Å². The van der Waals surface area contributed by atoms with Gasteiger partial charge in [-0.3, -0.25) is 0 Å². The molecular formula is C25H24O3. The van der Waals surface area contributed by atoms with Crippen LogP contribution in [0.4, 0.5) is 0 Å². The molecule has 3 aromatic rings. The van der Waals surface area contributed by atoms with Crippen molar-refractivity contribution in [3.05, 3.63) is 89.5 Å². The number of phenolic OH excluding ortho intramolecular Hbond substituents is 1. The van der Waals surface area contributed by atoms with E-state index >= 15 is 0 Å². The zero-order chi connectivity index (χ0) is 19.7. The number of benzene rings is 3. The van der Waals surface area contributed by atoms with Crippen molar-refractivity contribution in [3.8, 4) is 17.2 Å². The van der Waals surface area contributed by atoms with Crippen molar-refractivity contribution in [2.75, 3.05) is 7.11 Å². The predicted molar refractivity (Wildman–Crippen MR) is 113 cm³/mol. The standard InChI is InChI=1S/C25H24O3/c1-25(2)16-22(21-14-13-20(27-3)15-23(21)28-25)24(17-7-5-4-6-8-17)18-9-11-19(26)12-10-18/h4-15,26H,16H2,1-3H3/b24-22-. The maximum absolute atomic E-state index is 9.77. The monoisotopic (exact) mass is 372 g/mol. The third-order valence-electron chi connectivity index (χ3n) is 5.02. The summed E-state index contributed by atoms with van der Waals surface area (Å²) in [5.74, 6) is 1.87. The summed E-state index contributed by atoms with van der Waals surface area (Å²) >= 11 is 0. The van der Waals surface area contributed by atoms with Crippen LogP contribution in [0.5, 0.6) is 17.2 Å². The van der Waals surface area contributed by atoms with Gasteiger partial charge in [0, 0.05) is 18.1 Å². The van der Waals surface area contributed by atoms with E-state index < -0.39 is 0 Å². The third-order valence-corrected chi connectivity index (χ3v) is 5.02. The number of rotatable bonds is 3. The molecule has 0 spiro atoms. The summed E-state index contributed by atoms with van der Waals surface area (Å²) in [7, 11) is 1.66. The van der Waals surface area contributed by atoms with E-state index in [1.54, 1.807) is 19.2 Å². The lowest BCUT2D eigenvalue weighted by atomic mass is 9.82. The molecule has 1 N–H and O–H groups in total. The highest BCUT2D eigenvalue weighted by molar-refractivity contribution is 6.00. The molecule has 0 atom stereocenters. The van der Waals surface area contributed by atoms with Crippen molar-refractivity contribution in [3.63, 3.8) is 0 Å². The molecule has 0 fully saturated rings. The lowest BCUT2D eigenvalue weighted by molar-refractivity contribution is 0.107. The fourth-order valence-electron chi connectivity index (χ4n) is 3.79. The van der Waals surface area contributed by atoms with Gasteiger partial charge in [-0.05, 0) is 60.4 Å². The Morgan fingerprint density at radius 3 is 2.29 bits per heavy atom. The highest BCUT2D eigenvalue weighted by Gasteiger charge is 2.32. The number of fused-ring (bicyclic) bond motifs is 1. The molecule has 0 aromatic heterocycles. The van der Waals surface area contributed by atoms with Crippen LogP contribution in [0.25, 0.3) is 11.1 Å². The van der Waals surface area contributed by atoms with Crippen LogP contribution in [0, 0.1) is 0 Å². The first kappa shape index (κ1) is 18.2. The van der Waals surface area contributed by atoms with Crippen LogP contribution in [0.15, 0.2) is 72.8 Å². The molecule has 0 bridgehead atoms. The third kappa shape index (κ3) is 3.48. The maximum Gasteiger partial charge on any atom is 0.131 e. The first-order chi connectivity index (χ1) is 13.5. The van der Waals surface area contributed by atoms with Gasteiger partial charge in [0.05, 0.1) is 7.11 Å². The van der Waals surface area contributed by atoms with Gasteiger partial charge in [0.1, 0.15) is 22.8 Å². The Morgan fingerprint density at radius 1 is 0.929 bits per heavy atom. The van der Waals surface area contributed by atoms with E-state index in [4.69, 9.17) is 9.47 Å². The highest BCUT2D eigenvalue weighted by Crippen LogP contribution is 2.46. The van der Waals surface area contributed by atoms with Crippen LogP contribution in [-0.4, -0.2) is 17.8 Å². The van der Waals surface area contributed by atoms with E-state index in [2.05, 4.69) is 44.2 Å². The van der Waals surface area contributed by atoms with Crippen LogP contribution >= 0.6 is 0 Å². The second-order valence-corrected chi connectivity index (χ2v) is 7.67. The first-order valence-electron chi connectivity index (χ1n) is 9.42. The van der Waals surface area contributed by atoms with Crippen LogP contribution < -0.4 is 9.47 Å². The molecule has 0 unspecified atom stereocenters. The van der Waals surface area contributed by atoms with Crippen LogP contribution in [-0.2, 0) is 0 Å². The van der Waals surface area contributed by atoms with Crippen molar-refractivity contribution in [2.24, 2.45) is 0 Å².